The molecule has 184 valence electrons. The fourth-order valence-corrected chi connectivity index (χ4v) is 4.38. The summed E-state index contributed by atoms with van der Waals surface area (Å²) in [6.45, 7) is 0.846. The first-order valence-corrected chi connectivity index (χ1v) is 11.5. The molecule has 0 spiro atoms. The number of nitrogen functional groups attached to an aromatic ring is 1. The van der Waals surface area contributed by atoms with Gasteiger partial charge in [0.25, 0.3) is 0 Å². The molecule has 3 aromatic rings. The van der Waals surface area contributed by atoms with Crippen molar-refractivity contribution in [3.63, 3.8) is 0 Å². The number of nitrogens with one attached hydrogen (secondary N) is 2. The van der Waals surface area contributed by atoms with E-state index >= 15 is 0 Å². The van der Waals surface area contributed by atoms with E-state index in [1.54, 1.807) is 4.90 Å². The zero-order chi connectivity index (χ0) is 24.9. The Labute approximate surface area is 200 Å². The molecule has 5 rings (SSSR count). The molecule has 4 heterocycles. The van der Waals surface area contributed by atoms with Gasteiger partial charge in [0.05, 0.1) is 24.0 Å². The van der Waals surface area contributed by atoms with Gasteiger partial charge in [0.15, 0.2) is 11.6 Å². The first-order valence-electron chi connectivity index (χ1n) is 11.5. The molecule has 11 heteroatoms. The molecule has 0 radical (unpaired) electrons. The highest BCUT2D eigenvalue weighted by molar-refractivity contribution is 5.94. The number of hydrogen-bond acceptors (Lipinski definition) is 5. The Balaban J connectivity index is 0.000000172. The van der Waals surface area contributed by atoms with E-state index in [9.17, 15) is 18.0 Å². The van der Waals surface area contributed by atoms with E-state index in [-0.39, 0.29) is 29.7 Å². The Hall–Kier alpha value is -3.81. The van der Waals surface area contributed by atoms with Gasteiger partial charge in [-0.05, 0) is 31.4 Å². The second-order valence-electron chi connectivity index (χ2n) is 8.73. The number of nitrogens with two attached hydrogens (primary N) is 1. The topological polar surface area (TPSA) is 124 Å². The molecule has 0 aromatic carbocycles. The van der Waals surface area contributed by atoms with Crippen molar-refractivity contribution in [1.29, 1.82) is 5.26 Å². The summed E-state index contributed by atoms with van der Waals surface area (Å²) < 4.78 is 39.5. The van der Waals surface area contributed by atoms with Gasteiger partial charge in [-0.15, -0.1) is 0 Å². The number of carbonyl (C=O) groups is 1. The number of hydrogen-bond donors (Lipinski definition) is 3. The monoisotopic (exact) mass is 485 g/mol. The quantitative estimate of drug-likeness (QED) is 0.495. The van der Waals surface area contributed by atoms with Gasteiger partial charge >= 0.3 is 6.03 Å². The zero-order valence-corrected chi connectivity index (χ0v) is 19.0. The largest absolute Gasteiger partial charge is 0.381 e. The van der Waals surface area contributed by atoms with E-state index in [1.807, 2.05) is 6.07 Å². The molecule has 8 nitrogen and oxygen atoms in total. The lowest BCUT2D eigenvalue weighted by atomic mass is 9.96. The maximum Gasteiger partial charge on any atom is 0.317 e. The van der Waals surface area contributed by atoms with Crippen LogP contribution in [0.4, 0.5) is 23.8 Å². The Kier molecular flexibility index (Phi) is 7.39. The van der Waals surface area contributed by atoms with Crippen molar-refractivity contribution in [2.45, 2.75) is 50.7 Å². The Morgan fingerprint density at radius 1 is 1.23 bits per heavy atom. The standard InChI is InChI=1S/C13H7F2N5.C11H19FN2O/c14-7-2-8-9(5-19-13(8)18-4-7)11-6(3-16)1-10(15)12(17)20-11;12-9-6-7-14(8-9)11(15)13-10-4-2-1-3-5-10/h1-2,4-5H,(H2,17,20)(H,18,19);9-10H,1-8H2,(H,13,15). The fraction of sp³-hybridized carbons (Fsp3) is 0.417. The van der Waals surface area contributed by atoms with E-state index in [0.717, 1.165) is 25.1 Å². The van der Waals surface area contributed by atoms with Crippen LogP contribution in [0, 0.1) is 23.0 Å². The van der Waals surface area contributed by atoms with Gasteiger partial charge in [0, 0.05) is 29.7 Å². The molecule has 1 unspecified atom stereocenters. The van der Waals surface area contributed by atoms with Crippen molar-refractivity contribution in [3.05, 3.63) is 41.7 Å². The predicted molar refractivity (Wildman–Crippen MR) is 125 cm³/mol. The van der Waals surface area contributed by atoms with Crippen LogP contribution in [0.15, 0.2) is 24.5 Å². The molecular formula is C24H26F3N7O. The molecule has 4 N–H and O–H groups in total. The summed E-state index contributed by atoms with van der Waals surface area (Å²) in [5.41, 5.74) is 6.51. The number of carbonyl (C=O) groups excluding carboxylic acids is 1. The molecule has 1 atom stereocenters. The minimum atomic E-state index is -0.817. The molecule has 2 fully saturated rings. The van der Waals surface area contributed by atoms with Gasteiger partial charge in [0.1, 0.15) is 23.7 Å². The molecule has 1 aliphatic carbocycles. The molecule has 3 aromatic heterocycles. The number of halogens is 3. The van der Waals surface area contributed by atoms with Crippen LogP contribution in [0.3, 0.4) is 0 Å². The van der Waals surface area contributed by atoms with Gasteiger partial charge < -0.3 is 20.9 Å². The summed E-state index contributed by atoms with van der Waals surface area (Å²) in [5, 5.41) is 12.5. The average molecular weight is 486 g/mol. The van der Waals surface area contributed by atoms with E-state index in [1.165, 1.54) is 31.5 Å². The van der Waals surface area contributed by atoms with Crippen molar-refractivity contribution in [2.75, 3.05) is 18.8 Å². The Morgan fingerprint density at radius 2 is 2.00 bits per heavy atom. The summed E-state index contributed by atoms with van der Waals surface area (Å²) in [6, 6.07) is 4.37. The lowest BCUT2D eigenvalue weighted by Gasteiger charge is -2.25. The smallest absolute Gasteiger partial charge is 0.317 e. The number of amides is 2. The van der Waals surface area contributed by atoms with Crippen molar-refractivity contribution in [2.24, 2.45) is 0 Å². The first-order chi connectivity index (χ1) is 16.9. The normalized spacial score (nSPS) is 18.1. The number of aromatic amines is 1. The van der Waals surface area contributed by atoms with E-state index in [4.69, 9.17) is 11.0 Å². The number of nitrogens with zero attached hydrogens (tertiary/aromatic N) is 4. The molecule has 2 amide bonds. The number of likely N-dealkylation sites (tertiary alicyclic amines) is 1. The Bertz CT molecular complexity index is 1250. The molecular weight excluding hydrogens is 459 g/mol. The number of urea groups is 1. The van der Waals surface area contributed by atoms with Gasteiger partial charge in [-0.3, -0.25) is 0 Å². The van der Waals surface area contributed by atoms with Crippen molar-refractivity contribution < 1.29 is 18.0 Å². The number of H-pyrrole nitrogens is 1. The van der Waals surface area contributed by atoms with Gasteiger partial charge in [-0.1, -0.05) is 19.3 Å². The lowest BCUT2D eigenvalue weighted by Crippen LogP contribution is -2.44. The highest BCUT2D eigenvalue weighted by atomic mass is 19.1. The number of fused-ring (bicyclic) bond motifs is 1. The van der Waals surface area contributed by atoms with E-state index in [2.05, 4.69) is 20.3 Å². The molecule has 35 heavy (non-hydrogen) atoms. The van der Waals surface area contributed by atoms with Gasteiger partial charge in [0.2, 0.25) is 0 Å². The van der Waals surface area contributed by atoms with Crippen molar-refractivity contribution in [3.8, 4) is 17.3 Å². The van der Waals surface area contributed by atoms with Gasteiger partial charge in [-0.25, -0.2) is 27.9 Å². The summed E-state index contributed by atoms with van der Waals surface area (Å²) in [4.78, 5) is 23.9. The summed E-state index contributed by atoms with van der Waals surface area (Å²) in [5.74, 6) is -1.61. The van der Waals surface area contributed by atoms with Crippen LogP contribution in [0.5, 0.6) is 0 Å². The number of pyridine rings is 2. The fourth-order valence-electron chi connectivity index (χ4n) is 4.38. The van der Waals surface area contributed by atoms with Crippen LogP contribution in [-0.4, -0.2) is 51.2 Å². The molecule has 1 saturated heterocycles. The number of rotatable bonds is 2. The summed E-state index contributed by atoms with van der Waals surface area (Å²) >= 11 is 0. The van der Waals surface area contributed by atoms with E-state index in [0.29, 0.717) is 35.6 Å². The second kappa shape index (κ2) is 10.6. The minimum absolute atomic E-state index is 0.0156. The molecule has 0 bridgehead atoms. The third-order valence-electron chi connectivity index (χ3n) is 6.23. The summed E-state index contributed by atoms with van der Waals surface area (Å²) in [7, 11) is 0. The van der Waals surface area contributed by atoms with Crippen LogP contribution in [0.25, 0.3) is 22.3 Å². The second-order valence-corrected chi connectivity index (χ2v) is 8.73. The zero-order valence-electron chi connectivity index (χ0n) is 19.0. The van der Waals surface area contributed by atoms with Crippen molar-refractivity contribution in [1.82, 2.24) is 25.2 Å². The third-order valence-corrected chi connectivity index (χ3v) is 6.23. The number of nitriles is 1. The van der Waals surface area contributed by atoms with Gasteiger partial charge in [-0.2, -0.15) is 5.26 Å². The lowest BCUT2D eigenvalue weighted by molar-refractivity contribution is 0.196. The maximum atomic E-state index is 13.3. The highest BCUT2D eigenvalue weighted by Gasteiger charge is 2.27. The van der Waals surface area contributed by atoms with Crippen LogP contribution in [0.1, 0.15) is 44.1 Å². The van der Waals surface area contributed by atoms with Crippen LogP contribution >= 0.6 is 0 Å². The van der Waals surface area contributed by atoms with Crippen LogP contribution in [0.2, 0.25) is 0 Å². The molecule has 1 aliphatic heterocycles. The van der Waals surface area contributed by atoms with Crippen molar-refractivity contribution >= 4 is 22.9 Å². The van der Waals surface area contributed by atoms with Crippen LogP contribution in [-0.2, 0) is 0 Å². The average Bonchev–Trinajstić information content (AvgIpc) is 3.47. The SMILES string of the molecule is N#Cc1cc(F)c(N)nc1-c1c[nH]c2ncc(F)cc12.O=C(NC1CCCCC1)N1CCC(F)C1. The number of anilines is 1. The molecule has 1 saturated carbocycles. The first kappa shape index (κ1) is 24.3. The number of aromatic nitrogens is 3. The number of alkyl halides is 1. The third kappa shape index (κ3) is 5.65. The Morgan fingerprint density at radius 3 is 2.69 bits per heavy atom. The minimum Gasteiger partial charge on any atom is -0.381 e. The van der Waals surface area contributed by atoms with E-state index < -0.39 is 17.8 Å². The highest BCUT2D eigenvalue weighted by Crippen LogP contribution is 2.30. The van der Waals surface area contributed by atoms with Crippen LogP contribution < -0.4 is 11.1 Å². The maximum absolute atomic E-state index is 13.3. The summed E-state index contributed by atoms with van der Waals surface area (Å²) in [6.07, 6.45) is 8.13. The molecule has 2 aliphatic rings. The predicted octanol–water partition coefficient (Wildman–Crippen LogP) is 4.43.